The molecule has 1 amide bonds. The molecule has 41 heavy (non-hydrogen) atoms. The number of amides is 1. The summed E-state index contributed by atoms with van der Waals surface area (Å²) in [6, 6.07) is -1.06. The van der Waals surface area contributed by atoms with Crippen molar-refractivity contribution in [3.63, 3.8) is 0 Å². The number of aliphatic hydroxyl groups is 1. The maximum absolute atomic E-state index is 12.4. The van der Waals surface area contributed by atoms with Crippen molar-refractivity contribution >= 4 is 16.0 Å². The topological polar surface area (TPSA) is 104 Å². The van der Waals surface area contributed by atoms with Crippen molar-refractivity contribution < 1.29 is 22.9 Å². The Kier molecular flexibility index (Phi) is 27.2. The van der Waals surface area contributed by atoms with E-state index in [0.29, 0.717) is 6.42 Å². The Labute approximate surface area is 252 Å². The average molecular weight is 596 g/mol. The van der Waals surface area contributed by atoms with E-state index < -0.39 is 28.0 Å². The summed E-state index contributed by atoms with van der Waals surface area (Å²) in [6.45, 7) is 4.39. The molecular weight excluding hydrogens is 534 g/mol. The Morgan fingerprint density at radius 3 is 1.66 bits per heavy atom. The van der Waals surface area contributed by atoms with Gasteiger partial charge < -0.3 is 10.4 Å². The Morgan fingerprint density at radius 2 is 1.10 bits per heavy atom. The molecule has 0 fully saturated rings. The van der Waals surface area contributed by atoms with Gasteiger partial charge in [0.05, 0.1) is 17.9 Å². The molecule has 0 aromatic heterocycles. The van der Waals surface area contributed by atoms with Crippen LogP contribution in [0.2, 0.25) is 0 Å². The van der Waals surface area contributed by atoms with E-state index in [9.17, 15) is 22.9 Å². The highest BCUT2D eigenvalue weighted by atomic mass is 32.2. The summed E-state index contributed by atoms with van der Waals surface area (Å²) in [5, 5.41) is 13.0. The van der Waals surface area contributed by atoms with Crippen LogP contribution in [0.4, 0.5) is 0 Å². The zero-order valence-electron chi connectivity index (χ0n) is 26.2. The molecule has 0 rings (SSSR count). The van der Waals surface area contributed by atoms with E-state index in [-0.39, 0.29) is 12.3 Å². The van der Waals surface area contributed by atoms with Gasteiger partial charge in [-0.3, -0.25) is 9.35 Å². The maximum atomic E-state index is 12.4. The molecule has 3 N–H and O–H groups in total. The first-order chi connectivity index (χ1) is 19.8. The van der Waals surface area contributed by atoms with Crippen molar-refractivity contribution in [1.82, 2.24) is 5.32 Å². The van der Waals surface area contributed by atoms with E-state index in [0.717, 1.165) is 57.8 Å². The number of allylic oxidation sites excluding steroid dienone is 7. The lowest BCUT2D eigenvalue weighted by atomic mass is 10.1. The third kappa shape index (κ3) is 29.6. The lowest BCUT2D eigenvalue weighted by Crippen LogP contribution is -2.46. The van der Waals surface area contributed by atoms with Gasteiger partial charge in [0.1, 0.15) is 0 Å². The number of hydrogen-bond donors (Lipinski definition) is 3. The molecule has 0 aromatic rings. The molecule has 0 aromatic carbocycles. The second kappa shape index (κ2) is 28.4. The van der Waals surface area contributed by atoms with Crippen molar-refractivity contribution in [2.75, 3.05) is 5.75 Å². The molecule has 7 heteroatoms. The Balaban J connectivity index is 3.98. The van der Waals surface area contributed by atoms with Gasteiger partial charge in [0, 0.05) is 6.42 Å². The highest BCUT2D eigenvalue weighted by Gasteiger charge is 2.24. The van der Waals surface area contributed by atoms with Gasteiger partial charge in [0.2, 0.25) is 5.91 Å². The summed E-state index contributed by atoms with van der Waals surface area (Å²) in [7, 11) is -4.33. The van der Waals surface area contributed by atoms with Crippen molar-refractivity contribution in [3.8, 4) is 0 Å². The fraction of sp³-hybridized carbons (Fsp3) is 0.735. The van der Waals surface area contributed by atoms with Crippen molar-refractivity contribution in [2.24, 2.45) is 0 Å². The van der Waals surface area contributed by atoms with Crippen LogP contribution in [0, 0.1) is 0 Å². The Hall–Kier alpha value is -1.70. The second-order valence-electron chi connectivity index (χ2n) is 11.1. The third-order valence-electron chi connectivity index (χ3n) is 7.00. The van der Waals surface area contributed by atoms with Gasteiger partial charge in [-0.25, -0.2) is 0 Å². The first-order valence-electron chi connectivity index (χ1n) is 16.3. The molecule has 2 unspecified atom stereocenters. The van der Waals surface area contributed by atoms with E-state index in [4.69, 9.17) is 0 Å². The summed E-state index contributed by atoms with van der Waals surface area (Å²) in [5.74, 6) is -1.00. The van der Waals surface area contributed by atoms with Gasteiger partial charge in [0.15, 0.2) is 0 Å². The fourth-order valence-corrected chi connectivity index (χ4v) is 5.25. The van der Waals surface area contributed by atoms with E-state index in [2.05, 4.69) is 55.6 Å². The third-order valence-corrected chi connectivity index (χ3v) is 7.78. The molecule has 0 bridgehead atoms. The smallest absolute Gasteiger partial charge is 0.267 e. The lowest BCUT2D eigenvalue weighted by Gasteiger charge is -2.21. The zero-order valence-corrected chi connectivity index (χ0v) is 27.0. The molecule has 0 aliphatic rings. The lowest BCUT2D eigenvalue weighted by molar-refractivity contribution is -0.122. The molecule has 2 atom stereocenters. The molecule has 6 nitrogen and oxygen atoms in total. The minimum atomic E-state index is -4.33. The minimum Gasteiger partial charge on any atom is -0.387 e. The summed E-state index contributed by atoms with van der Waals surface area (Å²) in [6.07, 6.45) is 36.8. The van der Waals surface area contributed by atoms with Crippen LogP contribution in [0.5, 0.6) is 0 Å². The summed E-state index contributed by atoms with van der Waals surface area (Å²) in [5.41, 5.74) is 0. The van der Waals surface area contributed by atoms with Gasteiger partial charge >= 0.3 is 0 Å². The second-order valence-corrected chi connectivity index (χ2v) is 12.6. The number of hydrogen-bond acceptors (Lipinski definition) is 4. The molecular formula is C34H61NO5S. The molecule has 0 saturated carbocycles. The van der Waals surface area contributed by atoms with Gasteiger partial charge in [-0.15, -0.1) is 0 Å². The number of carbonyl (C=O) groups excluding carboxylic acids is 1. The maximum Gasteiger partial charge on any atom is 0.267 e. The van der Waals surface area contributed by atoms with Crippen LogP contribution in [0.1, 0.15) is 142 Å². The normalized spacial score (nSPS) is 14.1. The van der Waals surface area contributed by atoms with Crippen LogP contribution in [0.3, 0.4) is 0 Å². The molecule has 0 heterocycles. The van der Waals surface area contributed by atoms with Crippen LogP contribution in [0.25, 0.3) is 0 Å². The SMILES string of the molecule is CCCCC/C=C\C/C=C\C/C=C\CCCCCCCCC(=O)NC(CS(=O)(=O)O)C(O)/C=C/CCCCCCC. The van der Waals surface area contributed by atoms with Gasteiger partial charge in [-0.1, -0.05) is 127 Å². The van der Waals surface area contributed by atoms with E-state index in [1.54, 1.807) is 0 Å². The molecule has 0 spiro atoms. The number of aliphatic hydroxyl groups excluding tert-OH is 1. The largest absolute Gasteiger partial charge is 0.387 e. The number of rotatable bonds is 28. The van der Waals surface area contributed by atoms with Crippen molar-refractivity contribution in [1.29, 1.82) is 0 Å². The molecule has 0 radical (unpaired) electrons. The molecule has 0 aliphatic heterocycles. The summed E-state index contributed by atoms with van der Waals surface area (Å²) >= 11 is 0. The van der Waals surface area contributed by atoms with E-state index in [1.165, 1.54) is 63.9 Å². The van der Waals surface area contributed by atoms with Crippen LogP contribution in [0.15, 0.2) is 48.6 Å². The van der Waals surface area contributed by atoms with Crippen LogP contribution in [-0.2, 0) is 14.9 Å². The molecule has 0 aliphatic carbocycles. The van der Waals surface area contributed by atoms with Gasteiger partial charge in [0.25, 0.3) is 10.1 Å². The standard InChI is InChI=1S/C34H61NO5S/c1-3-5-7-9-11-12-13-14-15-16-17-18-19-20-21-22-24-26-28-30-34(37)35-32(31-41(38,39)40)33(36)29-27-25-23-10-8-6-4-2/h11-12,14-15,17-18,27,29,32-33,36H,3-10,13,16,19-26,28,30-31H2,1-2H3,(H,35,37)(H,38,39,40)/b12-11-,15-14-,18-17-,29-27+. The van der Waals surface area contributed by atoms with Crippen molar-refractivity contribution in [2.45, 2.75) is 154 Å². The van der Waals surface area contributed by atoms with Crippen LogP contribution < -0.4 is 5.32 Å². The fourth-order valence-electron chi connectivity index (χ4n) is 4.51. The molecule has 238 valence electrons. The predicted molar refractivity (Wildman–Crippen MR) is 175 cm³/mol. The van der Waals surface area contributed by atoms with Crippen molar-refractivity contribution in [3.05, 3.63) is 48.6 Å². The van der Waals surface area contributed by atoms with E-state index in [1.807, 2.05) is 6.08 Å². The van der Waals surface area contributed by atoms with Crippen LogP contribution >= 0.6 is 0 Å². The number of nitrogens with one attached hydrogen (secondary N) is 1. The summed E-state index contributed by atoms with van der Waals surface area (Å²) in [4.78, 5) is 12.4. The Morgan fingerprint density at radius 1 is 0.659 bits per heavy atom. The summed E-state index contributed by atoms with van der Waals surface area (Å²) < 4.78 is 32.1. The first-order valence-corrected chi connectivity index (χ1v) is 17.9. The van der Waals surface area contributed by atoms with Crippen LogP contribution in [-0.4, -0.2) is 41.9 Å². The first kappa shape index (κ1) is 39.3. The minimum absolute atomic E-state index is 0.279. The Bertz CT molecular complexity index is 832. The quantitative estimate of drug-likeness (QED) is 0.0476. The highest BCUT2D eigenvalue weighted by molar-refractivity contribution is 7.85. The van der Waals surface area contributed by atoms with E-state index >= 15 is 0 Å². The predicted octanol–water partition coefficient (Wildman–Crippen LogP) is 8.79. The van der Waals surface area contributed by atoms with Gasteiger partial charge in [-0.05, 0) is 57.8 Å². The monoisotopic (exact) mass is 595 g/mol. The number of carbonyl (C=O) groups is 1. The molecule has 0 saturated heterocycles. The highest BCUT2D eigenvalue weighted by Crippen LogP contribution is 2.11. The average Bonchev–Trinajstić information content (AvgIpc) is 2.92. The van der Waals surface area contributed by atoms with Gasteiger partial charge in [-0.2, -0.15) is 8.42 Å². The zero-order chi connectivity index (χ0) is 30.4. The number of unbranched alkanes of at least 4 members (excludes halogenated alkanes) is 14.